The number of carbonyl (C=O) groups is 2. The van der Waals surface area contributed by atoms with Crippen LogP contribution in [0.5, 0.6) is 0 Å². The molecule has 1 aliphatic carbocycles. The van der Waals surface area contributed by atoms with E-state index in [1.165, 1.54) is 6.42 Å². The second-order valence-electron chi connectivity index (χ2n) is 8.06. The van der Waals surface area contributed by atoms with Crippen molar-refractivity contribution in [2.75, 3.05) is 11.4 Å². The SMILES string of the molecule is CCN(C(=O)Cn1c(C(=O)NC2CCCCC2)cc2sccc21)c1ccc(CO)cc1. The van der Waals surface area contributed by atoms with Crippen LogP contribution in [-0.4, -0.2) is 34.1 Å². The second kappa shape index (κ2) is 9.66. The number of nitrogens with zero attached hydrogens (tertiary/aromatic N) is 2. The highest BCUT2D eigenvalue weighted by molar-refractivity contribution is 7.17. The summed E-state index contributed by atoms with van der Waals surface area (Å²) in [4.78, 5) is 28.1. The van der Waals surface area contributed by atoms with Crippen molar-refractivity contribution in [1.29, 1.82) is 0 Å². The van der Waals surface area contributed by atoms with Crippen LogP contribution in [0.2, 0.25) is 0 Å². The standard InChI is InChI=1S/C24H29N3O3S/c1-2-26(19-10-8-17(16-28)9-11-19)23(29)15-27-20-12-13-31-22(20)14-21(27)24(30)25-18-6-4-3-5-7-18/h8-14,18,28H,2-7,15-16H2,1H3,(H,25,30). The molecule has 0 unspecified atom stereocenters. The predicted molar refractivity (Wildman–Crippen MR) is 125 cm³/mol. The predicted octanol–water partition coefficient (Wildman–Crippen LogP) is 4.31. The molecule has 31 heavy (non-hydrogen) atoms. The zero-order chi connectivity index (χ0) is 21.8. The summed E-state index contributed by atoms with van der Waals surface area (Å²) in [5, 5.41) is 14.4. The van der Waals surface area contributed by atoms with Crippen molar-refractivity contribution in [2.24, 2.45) is 0 Å². The van der Waals surface area contributed by atoms with E-state index in [-0.39, 0.29) is 31.0 Å². The molecule has 0 spiro atoms. The molecular weight excluding hydrogens is 410 g/mol. The zero-order valence-electron chi connectivity index (χ0n) is 17.8. The summed E-state index contributed by atoms with van der Waals surface area (Å²) in [6, 6.07) is 11.4. The molecule has 1 aromatic carbocycles. The van der Waals surface area contributed by atoms with Gasteiger partial charge in [0.1, 0.15) is 12.2 Å². The van der Waals surface area contributed by atoms with E-state index in [1.807, 2.05) is 53.3 Å². The Labute approximate surface area is 186 Å². The first-order chi connectivity index (χ1) is 15.1. The van der Waals surface area contributed by atoms with Crippen LogP contribution in [0.1, 0.15) is 55.1 Å². The van der Waals surface area contributed by atoms with E-state index in [0.29, 0.717) is 12.2 Å². The number of aromatic nitrogens is 1. The monoisotopic (exact) mass is 439 g/mol. The summed E-state index contributed by atoms with van der Waals surface area (Å²) in [6.45, 7) is 2.53. The summed E-state index contributed by atoms with van der Waals surface area (Å²) in [6.07, 6.45) is 5.58. The van der Waals surface area contributed by atoms with Crippen molar-refractivity contribution >= 4 is 39.1 Å². The Kier molecular flexibility index (Phi) is 6.73. The molecule has 2 aromatic heterocycles. The molecule has 2 N–H and O–H groups in total. The molecule has 164 valence electrons. The van der Waals surface area contributed by atoms with Gasteiger partial charge in [-0.2, -0.15) is 0 Å². The topological polar surface area (TPSA) is 74.6 Å². The fourth-order valence-electron chi connectivity index (χ4n) is 4.35. The lowest BCUT2D eigenvalue weighted by Gasteiger charge is -2.24. The summed E-state index contributed by atoms with van der Waals surface area (Å²) < 4.78 is 2.86. The Morgan fingerprint density at radius 1 is 1.16 bits per heavy atom. The molecule has 6 nitrogen and oxygen atoms in total. The molecule has 0 aliphatic heterocycles. The average Bonchev–Trinajstić information content (AvgIpc) is 3.38. The van der Waals surface area contributed by atoms with Gasteiger partial charge in [0, 0.05) is 18.3 Å². The fourth-order valence-corrected chi connectivity index (χ4v) is 5.17. The minimum Gasteiger partial charge on any atom is -0.392 e. The van der Waals surface area contributed by atoms with Crippen LogP contribution in [0.3, 0.4) is 0 Å². The first-order valence-electron chi connectivity index (χ1n) is 11.0. The molecule has 2 heterocycles. The smallest absolute Gasteiger partial charge is 0.268 e. The van der Waals surface area contributed by atoms with Gasteiger partial charge in [0.05, 0.1) is 16.8 Å². The van der Waals surface area contributed by atoms with E-state index in [0.717, 1.165) is 47.2 Å². The lowest BCUT2D eigenvalue weighted by Crippen LogP contribution is -2.38. The van der Waals surface area contributed by atoms with E-state index in [9.17, 15) is 14.7 Å². The molecule has 0 atom stereocenters. The third kappa shape index (κ3) is 4.67. The minimum atomic E-state index is -0.0987. The van der Waals surface area contributed by atoms with Crippen LogP contribution in [-0.2, 0) is 17.9 Å². The van der Waals surface area contributed by atoms with Gasteiger partial charge in [-0.1, -0.05) is 31.4 Å². The van der Waals surface area contributed by atoms with Gasteiger partial charge in [0.25, 0.3) is 5.91 Å². The summed E-state index contributed by atoms with van der Waals surface area (Å²) >= 11 is 1.58. The second-order valence-corrected chi connectivity index (χ2v) is 9.00. The van der Waals surface area contributed by atoms with Crippen molar-refractivity contribution in [3.8, 4) is 0 Å². The number of benzene rings is 1. The highest BCUT2D eigenvalue weighted by Crippen LogP contribution is 2.27. The Morgan fingerprint density at radius 2 is 1.90 bits per heavy atom. The van der Waals surface area contributed by atoms with E-state index in [4.69, 9.17) is 0 Å². The molecule has 1 aliphatic rings. The van der Waals surface area contributed by atoms with E-state index in [1.54, 1.807) is 16.2 Å². The first kappa shape index (κ1) is 21.6. The van der Waals surface area contributed by atoms with Gasteiger partial charge < -0.3 is 19.9 Å². The molecule has 0 bridgehead atoms. The number of thiophene rings is 1. The number of nitrogens with one attached hydrogen (secondary N) is 1. The summed E-state index contributed by atoms with van der Waals surface area (Å²) in [5.41, 5.74) is 3.05. The maximum atomic E-state index is 13.3. The number of anilines is 1. The van der Waals surface area contributed by atoms with Gasteiger partial charge in [0.2, 0.25) is 5.91 Å². The van der Waals surface area contributed by atoms with Crippen LogP contribution in [0.25, 0.3) is 10.2 Å². The Morgan fingerprint density at radius 3 is 2.58 bits per heavy atom. The van der Waals surface area contributed by atoms with Crippen molar-refractivity contribution in [3.63, 3.8) is 0 Å². The number of hydrogen-bond acceptors (Lipinski definition) is 4. The largest absolute Gasteiger partial charge is 0.392 e. The molecule has 2 amide bonds. The number of fused-ring (bicyclic) bond motifs is 1. The molecule has 4 rings (SSSR count). The molecule has 0 saturated heterocycles. The highest BCUT2D eigenvalue weighted by Gasteiger charge is 2.23. The van der Waals surface area contributed by atoms with Crippen molar-refractivity contribution < 1.29 is 14.7 Å². The lowest BCUT2D eigenvalue weighted by molar-refractivity contribution is -0.119. The molecule has 3 aromatic rings. The molecule has 1 fully saturated rings. The number of aliphatic hydroxyl groups is 1. The van der Waals surface area contributed by atoms with Gasteiger partial charge >= 0.3 is 0 Å². The van der Waals surface area contributed by atoms with Gasteiger partial charge in [-0.25, -0.2) is 0 Å². The van der Waals surface area contributed by atoms with Crippen LogP contribution in [0.4, 0.5) is 5.69 Å². The molecule has 7 heteroatoms. The van der Waals surface area contributed by atoms with Gasteiger partial charge in [-0.05, 0) is 55.0 Å². The van der Waals surface area contributed by atoms with Crippen LogP contribution in [0.15, 0.2) is 41.8 Å². The van der Waals surface area contributed by atoms with Crippen LogP contribution < -0.4 is 10.2 Å². The normalized spacial score (nSPS) is 14.6. The number of carbonyl (C=O) groups excluding carboxylic acids is 2. The van der Waals surface area contributed by atoms with Gasteiger partial charge in [-0.15, -0.1) is 11.3 Å². The van der Waals surface area contributed by atoms with Gasteiger partial charge in [0.15, 0.2) is 0 Å². The lowest BCUT2D eigenvalue weighted by atomic mass is 9.95. The molecule has 0 radical (unpaired) electrons. The highest BCUT2D eigenvalue weighted by atomic mass is 32.1. The quantitative estimate of drug-likeness (QED) is 0.576. The Hall–Kier alpha value is -2.64. The maximum absolute atomic E-state index is 13.3. The number of amides is 2. The van der Waals surface area contributed by atoms with E-state index < -0.39 is 0 Å². The van der Waals surface area contributed by atoms with Crippen molar-refractivity contribution in [2.45, 2.75) is 58.2 Å². The maximum Gasteiger partial charge on any atom is 0.268 e. The Balaban J connectivity index is 1.57. The fraction of sp³-hybridized carbons (Fsp3) is 0.417. The van der Waals surface area contributed by atoms with E-state index in [2.05, 4.69) is 5.32 Å². The minimum absolute atomic E-state index is 0.0284. The Bertz CT molecular complexity index is 1050. The van der Waals surface area contributed by atoms with Crippen molar-refractivity contribution in [1.82, 2.24) is 9.88 Å². The number of aliphatic hydroxyl groups excluding tert-OH is 1. The summed E-state index contributed by atoms with van der Waals surface area (Å²) in [7, 11) is 0. The summed E-state index contributed by atoms with van der Waals surface area (Å²) in [5.74, 6) is -0.173. The van der Waals surface area contributed by atoms with Crippen LogP contribution in [0, 0.1) is 0 Å². The van der Waals surface area contributed by atoms with Crippen LogP contribution >= 0.6 is 11.3 Å². The molecular formula is C24H29N3O3S. The number of likely N-dealkylation sites (N-methyl/N-ethyl adjacent to an activating group) is 1. The average molecular weight is 440 g/mol. The van der Waals surface area contributed by atoms with Crippen molar-refractivity contribution in [3.05, 3.63) is 53.0 Å². The number of hydrogen-bond donors (Lipinski definition) is 2. The third-order valence-electron chi connectivity index (χ3n) is 6.04. The van der Waals surface area contributed by atoms with E-state index >= 15 is 0 Å². The van der Waals surface area contributed by atoms with Gasteiger partial charge in [-0.3, -0.25) is 9.59 Å². The third-order valence-corrected chi connectivity index (χ3v) is 6.89. The molecule has 1 saturated carbocycles. The number of rotatable bonds is 7. The zero-order valence-corrected chi connectivity index (χ0v) is 18.7. The first-order valence-corrected chi connectivity index (χ1v) is 11.9.